The second-order valence-electron chi connectivity index (χ2n) is 19.9. The zero-order chi connectivity index (χ0) is 51.5. The molecule has 4 bridgehead atoms. The van der Waals surface area contributed by atoms with E-state index in [2.05, 4.69) is 82.9 Å². The van der Waals surface area contributed by atoms with Crippen LogP contribution in [0.3, 0.4) is 0 Å². The van der Waals surface area contributed by atoms with Gasteiger partial charge in [-0.3, -0.25) is 39.3 Å². The van der Waals surface area contributed by atoms with Gasteiger partial charge in [0.15, 0.2) is 0 Å². The van der Waals surface area contributed by atoms with Crippen LogP contribution < -0.4 is 14.2 Å². The van der Waals surface area contributed by atoms with E-state index in [-0.39, 0.29) is 24.9 Å². The first-order valence-electron chi connectivity index (χ1n) is 25.7. The third-order valence-electron chi connectivity index (χ3n) is 14.7. The Morgan fingerprint density at radius 3 is 2.03 bits per heavy atom. The van der Waals surface area contributed by atoms with E-state index in [0.717, 1.165) is 126 Å². The van der Waals surface area contributed by atoms with Gasteiger partial charge < -0.3 is 24.1 Å². The third-order valence-corrected chi connectivity index (χ3v) is 14.7. The van der Waals surface area contributed by atoms with Gasteiger partial charge in [0.2, 0.25) is 17.6 Å². The zero-order valence-corrected chi connectivity index (χ0v) is 44.0. The molecule has 3 aliphatic rings. The number of fused-ring (bicyclic) bond motifs is 9. The molecule has 0 radical (unpaired) electrons. The molecule has 74 heavy (non-hydrogen) atoms. The molecule has 0 unspecified atom stereocenters. The van der Waals surface area contributed by atoms with Gasteiger partial charge in [-0.2, -0.15) is 25.5 Å². The summed E-state index contributed by atoms with van der Waals surface area (Å²) in [6.07, 6.45) is 10.4. The van der Waals surface area contributed by atoms with Crippen molar-refractivity contribution in [1.82, 2.24) is 79.3 Å². The van der Waals surface area contributed by atoms with E-state index in [4.69, 9.17) is 59.5 Å². The number of aryl methyl sites for hydroxylation is 7. The number of hydrogen-bond donors (Lipinski definition) is 3. The van der Waals surface area contributed by atoms with Crippen molar-refractivity contribution in [2.24, 2.45) is 14.1 Å². The van der Waals surface area contributed by atoms with Crippen LogP contribution in [0, 0.1) is 20.8 Å². The SMILES string of the molecule is CCOc1nn(CCO)c2c1/C=C/c1[nH]nc3c(C)nc(cc13)-c1c(CCn3nc(C)c4c3CN(C)C[C@H](C)Oc3c(c(COC)nn3C)-c3cc5c([nH]nc5c(C)n3)/C=C/4)nn(C)c1O[C@@H](C)[C@H]1CCCN1C2. The predicted octanol–water partition coefficient (Wildman–Crippen LogP) is 6.43. The summed E-state index contributed by atoms with van der Waals surface area (Å²) >= 11 is 0. The lowest BCUT2D eigenvalue weighted by molar-refractivity contribution is 0.0920. The number of likely N-dealkylation sites (N-methyl/N-ethyl adjacent to an activating group) is 1. The molecular formula is C53H66N16O5. The lowest BCUT2D eigenvalue weighted by Gasteiger charge is -2.30. The maximum absolute atomic E-state index is 10.1. The largest absolute Gasteiger partial charge is 0.476 e. The number of aromatic nitrogens is 14. The molecule has 1 fully saturated rings. The molecule has 0 aliphatic carbocycles. The minimum absolute atomic E-state index is 0.0450. The Balaban J connectivity index is 0.990. The van der Waals surface area contributed by atoms with E-state index in [9.17, 15) is 5.11 Å². The first-order chi connectivity index (χ1) is 35.8. The zero-order valence-electron chi connectivity index (χ0n) is 44.0. The minimum Gasteiger partial charge on any atom is -0.476 e. The molecule has 1 saturated heterocycles. The van der Waals surface area contributed by atoms with Gasteiger partial charge in [-0.25, -0.2) is 9.36 Å². The summed E-state index contributed by atoms with van der Waals surface area (Å²) in [5.74, 6) is 1.82. The topological polar surface area (TPSA) is 218 Å². The van der Waals surface area contributed by atoms with Crippen LogP contribution in [-0.4, -0.2) is 143 Å². The summed E-state index contributed by atoms with van der Waals surface area (Å²) in [6.45, 7) is 16.6. The van der Waals surface area contributed by atoms with Gasteiger partial charge in [-0.05, 0) is 104 Å². The van der Waals surface area contributed by atoms with Crippen LogP contribution in [0.1, 0.15) is 96.0 Å². The molecule has 0 aromatic carbocycles. The normalized spacial score (nSPS) is 19.3. The Labute approximate surface area is 429 Å². The first kappa shape index (κ1) is 49.0. The molecule has 11 rings (SSSR count). The third kappa shape index (κ3) is 8.83. The molecule has 8 aromatic heterocycles. The number of nitrogens with one attached hydrogen (secondary N) is 2. The summed E-state index contributed by atoms with van der Waals surface area (Å²) in [5.41, 5.74) is 14.4. The fourth-order valence-corrected chi connectivity index (χ4v) is 11.3. The fraction of sp³-hybridized carbons (Fsp3) is 0.472. The van der Waals surface area contributed by atoms with Gasteiger partial charge in [0, 0.05) is 76.2 Å². The van der Waals surface area contributed by atoms with Crippen LogP contribution in [-0.2, 0) is 58.0 Å². The standard InChI is InChI=1S/C53H66N16O5/c1-11-72-51-35-15-17-39-36-23-41(54-31(4)49(36)59-57-39)47-40(61-66(9)53(47)74-33(6)44-13-12-19-67(44)27-46(35)69(63-51)21-22-70)18-20-68-45-26-64(7)25-29(2)73-52-48(43(28-71-10)62-65(52)8)42-24-37-38(16-14-34(45)30(3)60-68)56-58-50(37)32(5)55-42/h14-17,23-24,29,33,44,70H,11-13,18-22,25-28H2,1-10H3,(H,56,58)(H,57,59)/b16-14+,17-15+/t29-,33-,44+/m0/s1. The molecule has 388 valence electrons. The average Bonchev–Trinajstić information content (AvgIpc) is 4.25. The van der Waals surface area contributed by atoms with Crippen molar-refractivity contribution >= 4 is 46.1 Å². The molecule has 11 heterocycles. The van der Waals surface area contributed by atoms with Gasteiger partial charge >= 0.3 is 0 Å². The highest BCUT2D eigenvalue weighted by Crippen LogP contribution is 2.40. The van der Waals surface area contributed by atoms with E-state index in [1.165, 1.54) is 0 Å². The second kappa shape index (κ2) is 19.9. The Hall–Kier alpha value is -7.20. The van der Waals surface area contributed by atoms with Crippen LogP contribution in [0.15, 0.2) is 12.1 Å². The number of rotatable bonds is 9. The summed E-state index contributed by atoms with van der Waals surface area (Å²) in [6, 6.07) is 4.25. The van der Waals surface area contributed by atoms with E-state index < -0.39 is 0 Å². The van der Waals surface area contributed by atoms with Crippen molar-refractivity contribution in [1.29, 1.82) is 0 Å². The molecule has 3 N–H and O–H groups in total. The monoisotopic (exact) mass is 1010 g/mol. The summed E-state index contributed by atoms with van der Waals surface area (Å²) in [5, 5.41) is 48.2. The van der Waals surface area contributed by atoms with Crippen molar-refractivity contribution < 1.29 is 24.1 Å². The summed E-state index contributed by atoms with van der Waals surface area (Å²) in [7, 11) is 7.63. The van der Waals surface area contributed by atoms with Crippen molar-refractivity contribution in [3.8, 4) is 40.2 Å². The highest BCUT2D eigenvalue weighted by molar-refractivity contribution is 5.95. The number of hydrogen-bond acceptors (Lipinski definition) is 15. The van der Waals surface area contributed by atoms with Gasteiger partial charge in [-0.15, -0.1) is 5.10 Å². The van der Waals surface area contributed by atoms with Crippen molar-refractivity contribution in [2.75, 3.05) is 40.5 Å². The number of H-pyrrole nitrogens is 2. The van der Waals surface area contributed by atoms with E-state index in [1.807, 2.05) is 50.3 Å². The van der Waals surface area contributed by atoms with E-state index in [0.29, 0.717) is 70.0 Å². The minimum atomic E-state index is -0.217. The second-order valence-corrected chi connectivity index (χ2v) is 19.9. The van der Waals surface area contributed by atoms with Crippen LogP contribution in [0.4, 0.5) is 0 Å². The average molecular weight is 1010 g/mol. The van der Waals surface area contributed by atoms with Gasteiger partial charge in [-0.1, -0.05) is 0 Å². The number of aliphatic hydroxyl groups excluding tert-OH is 1. The Morgan fingerprint density at radius 1 is 0.743 bits per heavy atom. The maximum Gasteiger partial charge on any atom is 0.240 e. The van der Waals surface area contributed by atoms with Crippen LogP contribution in [0.25, 0.3) is 68.6 Å². The summed E-state index contributed by atoms with van der Waals surface area (Å²) in [4.78, 5) is 15.0. The molecular weight excluding hydrogens is 941 g/mol. The number of aliphatic hydroxyl groups is 1. The molecule has 21 heteroatoms. The highest BCUT2D eigenvalue weighted by Gasteiger charge is 2.35. The lowest BCUT2D eigenvalue weighted by Crippen LogP contribution is -2.41. The maximum atomic E-state index is 10.1. The molecule has 8 aromatic rings. The predicted molar refractivity (Wildman–Crippen MR) is 281 cm³/mol. The van der Waals surface area contributed by atoms with E-state index >= 15 is 0 Å². The quantitative estimate of drug-likeness (QED) is 0.142. The summed E-state index contributed by atoms with van der Waals surface area (Å²) < 4.78 is 33.4. The fourth-order valence-electron chi connectivity index (χ4n) is 11.3. The number of ether oxygens (including phenoxy) is 4. The molecule has 21 nitrogen and oxygen atoms in total. The number of methoxy groups -OCH3 is 1. The van der Waals surface area contributed by atoms with Crippen molar-refractivity contribution in [3.05, 3.63) is 74.5 Å². The van der Waals surface area contributed by atoms with Crippen molar-refractivity contribution in [2.45, 2.75) is 112 Å². The highest BCUT2D eigenvalue weighted by atomic mass is 16.5. The van der Waals surface area contributed by atoms with Gasteiger partial charge in [0.05, 0.1) is 100.0 Å². The van der Waals surface area contributed by atoms with Gasteiger partial charge in [0.1, 0.15) is 28.9 Å². The molecule has 3 atom stereocenters. The van der Waals surface area contributed by atoms with Crippen molar-refractivity contribution in [3.63, 3.8) is 0 Å². The smallest absolute Gasteiger partial charge is 0.240 e. The van der Waals surface area contributed by atoms with E-state index in [1.54, 1.807) is 11.8 Å². The number of aromatic amines is 2. The molecule has 3 aliphatic heterocycles. The van der Waals surface area contributed by atoms with Crippen LogP contribution in [0.2, 0.25) is 0 Å². The lowest BCUT2D eigenvalue weighted by atomic mass is 10.1. The number of nitrogens with zero attached hydrogens (tertiary/aromatic N) is 14. The molecule has 0 saturated carbocycles. The Bertz CT molecular complexity index is 3460. The van der Waals surface area contributed by atoms with Gasteiger partial charge in [0.25, 0.3) is 0 Å². The Morgan fingerprint density at radius 2 is 1.36 bits per heavy atom. The molecule has 0 spiro atoms. The van der Waals surface area contributed by atoms with Crippen LogP contribution >= 0.6 is 0 Å². The Kier molecular flexibility index (Phi) is 13.2. The number of pyridine rings is 2. The molecule has 0 amide bonds. The van der Waals surface area contributed by atoms with Crippen LogP contribution in [0.5, 0.6) is 17.6 Å². The first-order valence-corrected chi connectivity index (χ1v) is 25.7.